The first-order valence-electron chi connectivity index (χ1n) is 4.09. The molecule has 0 bridgehead atoms. The van der Waals surface area contributed by atoms with Crippen LogP contribution in [0.2, 0.25) is 0 Å². The molecule has 1 aromatic rings. The number of aromatic hydroxyl groups is 1. The van der Waals surface area contributed by atoms with Gasteiger partial charge in [-0.1, -0.05) is 0 Å². The van der Waals surface area contributed by atoms with Gasteiger partial charge < -0.3 is 15.6 Å². The minimum atomic E-state index is -0.765. The van der Waals surface area contributed by atoms with E-state index in [0.29, 0.717) is 11.3 Å². The zero-order chi connectivity index (χ0) is 11.3. The molecule has 80 valence electrons. The Morgan fingerprint density at radius 3 is 2.93 bits per heavy atom. The maximum atomic E-state index is 10.3. The number of carbonyl (C=O) groups is 1. The topological polar surface area (TPSA) is 96.9 Å². The Hall–Kier alpha value is -2.24. The summed E-state index contributed by atoms with van der Waals surface area (Å²) in [6.45, 7) is 0. The molecule has 1 rings (SSSR count). The number of urea groups is 1. The molecule has 0 radical (unpaired) electrons. The Balaban J connectivity index is 2.78. The average Bonchev–Trinajstić information content (AvgIpc) is 2.20. The number of phenolic OH excluding ortho intramolecular Hbond substituents is 1. The highest BCUT2D eigenvalue weighted by Gasteiger charge is 2.00. The van der Waals surface area contributed by atoms with Crippen molar-refractivity contribution < 1.29 is 14.6 Å². The number of amides is 2. The van der Waals surface area contributed by atoms with Crippen molar-refractivity contribution in [2.75, 3.05) is 7.11 Å². The van der Waals surface area contributed by atoms with E-state index in [4.69, 9.17) is 10.5 Å². The van der Waals surface area contributed by atoms with Gasteiger partial charge in [0.05, 0.1) is 13.3 Å². The number of rotatable bonds is 3. The lowest BCUT2D eigenvalue weighted by Gasteiger charge is -2.02. The Kier molecular flexibility index (Phi) is 3.50. The molecule has 0 heterocycles. The molecule has 0 atom stereocenters. The van der Waals surface area contributed by atoms with Crippen molar-refractivity contribution in [2.24, 2.45) is 10.8 Å². The van der Waals surface area contributed by atoms with Crippen LogP contribution in [-0.2, 0) is 0 Å². The highest BCUT2D eigenvalue weighted by atomic mass is 16.5. The van der Waals surface area contributed by atoms with Gasteiger partial charge in [-0.15, -0.1) is 0 Å². The average molecular weight is 209 g/mol. The van der Waals surface area contributed by atoms with Gasteiger partial charge in [-0.2, -0.15) is 5.10 Å². The Morgan fingerprint density at radius 2 is 2.40 bits per heavy atom. The minimum absolute atomic E-state index is 0.00405. The van der Waals surface area contributed by atoms with Crippen molar-refractivity contribution in [1.82, 2.24) is 5.43 Å². The molecule has 0 spiro atoms. The number of ether oxygens (including phenoxy) is 1. The Bertz CT molecular complexity index is 390. The molecule has 0 saturated carbocycles. The molecule has 0 aromatic heterocycles. The number of phenols is 1. The summed E-state index contributed by atoms with van der Waals surface area (Å²) in [6.07, 6.45) is 1.28. The summed E-state index contributed by atoms with van der Waals surface area (Å²) < 4.78 is 4.90. The number of benzene rings is 1. The number of hydrazone groups is 1. The molecule has 1 aromatic carbocycles. The maximum absolute atomic E-state index is 10.3. The molecule has 0 fully saturated rings. The maximum Gasteiger partial charge on any atom is 0.332 e. The first kappa shape index (κ1) is 10.8. The van der Waals surface area contributed by atoms with E-state index in [-0.39, 0.29) is 5.75 Å². The van der Waals surface area contributed by atoms with E-state index in [1.54, 1.807) is 12.1 Å². The number of primary amides is 1. The highest BCUT2D eigenvalue weighted by molar-refractivity contribution is 5.84. The summed E-state index contributed by atoms with van der Waals surface area (Å²) in [5.74, 6) is 0.539. The minimum Gasteiger partial charge on any atom is -0.507 e. The highest BCUT2D eigenvalue weighted by Crippen LogP contribution is 2.21. The lowest BCUT2D eigenvalue weighted by molar-refractivity contribution is 0.249. The lowest BCUT2D eigenvalue weighted by Crippen LogP contribution is -2.24. The van der Waals surface area contributed by atoms with Crippen molar-refractivity contribution in [3.8, 4) is 11.5 Å². The van der Waals surface area contributed by atoms with Gasteiger partial charge in [-0.3, -0.25) is 0 Å². The zero-order valence-electron chi connectivity index (χ0n) is 8.10. The van der Waals surface area contributed by atoms with Crippen molar-refractivity contribution in [3.05, 3.63) is 23.8 Å². The number of nitrogens with two attached hydrogens (primary N) is 1. The summed E-state index contributed by atoms with van der Waals surface area (Å²) >= 11 is 0. The zero-order valence-corrected chi connectivity index (χ0v) is 8.10. The van der Waals surface area contributed by atoms with Crippen LogP contribution in [0.1, 0.15) is 5.56 Å². The summed E-state index contributed by atoms with van der Waals surface area (Å²) in [4.78, 5) is 10.3. The molecule has 6 heteroatoms. The molecule has 0 saturated heterocycles. The summed E-state index contributed by atoms with van der Waals surface area (Å²) in [7, 11) is 1.50. The second kappa shape index (κ2) is 4.85. The van der Waals surface area contributed by atoms with Crippen LogP contribution in [0, 0.1) is 0 Å². The summed E-state index contributed by atoms with van der Waals surface area (Å²) in [5, 5.41) is 13.0. The molecule has 0 aliphatic carbocycles. The van der Waals surface area contributed by atoms with E-state index in [1.165, 1.54) is 19.4 Å². The van der Waals surface area contributed by atoms with Crippen LogP contribution in [0.5, 0.6) is 11.5 Å². The standard InChI is InChI=1S/C9H11N3O3/c1-15-7-3-2-6(8(13)4-7)5-11-12-9(10)14/h2-5,13H,1H3,(H3,10,12,14)/b11-5+. The van der Waals surface area contributed by atoms with Crippen molar-refractivity contribution in [3.63, 3.8) is 0 Å². The van der Waals surface area contributed by atoms with E-state index in [2.05, 4.69) is 5.10 Å². The van der Waals surface area contributed by atoms with E-state index in [0.717, 1.165) is 0 Å². The summed E-state index contributed by atoms with van der Waals surface area (Å²) in [5.41, 5.74) is 7.26. The van der Waals surface area contributed by atoms with E-state index >= 15 is 0 Å². The van der Waals surface area contributed by atoms with E-state index < -0.39 is 6.03 Å². The quantitative estimate of drug-likeness (QED) is 0.496. The molecule has 15 heavy (non-hydrogen) atoms. The number of nitrogens with zero attached hydrogens (tertiary/aromatic N) is 1. The van der Waals surface area contributed by atoms with Crippen molar-refractivity contribution in [2.45, 2.75) is 0 Å². The predicted octanol–water partition coefficient (Wildman–Crippen LogP) is 0.403. The van der Waals surface area contributed by atoms with Gasteiger partial charge in [0.25, 0.3) is 0 Å². The van der Waals surface area contributed by atoms with Gasteiger partial charge >= 0.3 is 6.03 Å². The second-order valence-electron chi connectivity index (χ2n) is 2.66. The van der Waals surface area contributed by atoms with Crippen LogP contribution in [0.4, 0.5) is 4.79 Å². The van der Waals surface area contributed by atoms with E-state index in [1.807, 2.05) is 5.43 Å². The van der Waals surface area contributed by atoms with E-state index in [9.17, 15) is 9.90 Å². The van der Waals surface area contributed by atoms with Crippen LogP contribution < -0.4 is 15.9 Å². The molecule has 0 aliphatic heterocycles. The fourth-order valence-electron chi connectivity index (χ4n) is 0.925. The fraction of sp³-hybridized carbons (Fsp3) is 0.111. The summed E-state index contributed by atoms with van der Waals surface area (Å²) in [6, 6.07) is 3.93. The predicted molar refractivity (Wildman–Crippen MR) is 55.0 cm³/mol. The van der Waals surface area contributed by atoms with Crippen LogP contribution >= 0.6 is 0 Å². The number of hydrogen-bond acceptors (Lipinski definition) is 4. The second-order valence-corrected chi connectivity index (χ2v) is 2.66. The number of nitrogens with one attached hydrogen (secondary N) is 1. The van der Waals surface area contributed by atoms with Crippen LogP contribution in [0.15, 0.2) is 23.3 Å². The van der Waals surface area contributed by atoms with Gasteiger partial charge in [-0.05, 0) is 12.1 Å². The van der Waals surface area contributed by atoms with Crippen LogP contribution in [0.3, 0.4) is 0 Å². The normalized spacial score (nSPS) is 10.2. The smallest absolute Gasteiger partial charge is 0.332 e. The van der Waals surface area contributed by atoms with Gasteiger partial charge in [-0.25, -0.2) is 10.2 Å². The molecule has 2 amide bonds. The molecular weight excluding hydrogens is 198 g/mol. The molecule has 6 nitrogen and oxygen atoms in total. The first-order valence-corrected chi connectivity index (χ1v) is 4.09. The Morgan fingerprint density at radius 1 is 1.67 bits per heavy atom. The number of hydrogen-bond donors (Lipinski definition) is 3. The SMILES string of the molecule is COc1ccc(/C=N/NC(N)=O)c(O)c1. The fourth-order valence-corrected chi connectivity index (χ4v) is 0.925. The monoisotopic (exact) mass is 209 g/mol. The number of methoxy groups -OCH3 is 1. The van der Waals surface area contributed by atoms with Gasteiger partial charge in [0.2, 0.25) is 0 Å². The number of carbonyl (C=O) groups excluding carboxylic acids is 1. The van der Waals surface area contributed by atoms with Crippen molar-refractivity contribution >= 4 is 12.2 Å². The van der Waals surface area contributed by atoms with Crippen LogP contribution in [0.25, 0.3) is 0 Å². The largest absolute Gasteiger partial charge is 0.507 e. The first-order chi connectivity index (χ1) is 7.13. The van der Waals surface area contributed by atoms with Gasteiger partial charge in [0.15, 0.2) is 0 Å². The molecule has 4 N–H and O–H groups in total. The molecule has 0 unspecified atom stereocenters. The van der Waals surface area contributed by atoms with Crippen LogP contribution in [-0.4, -0.2) is 24.5 Å². The van der Waals surface area contributed by atoms with Crippen molar-refractivity contribution in [1.29, 1.82) is 0 Å². The molecule has 0 aliphatic rings. The third-order valence-electron chi connectivity index (χ3n) is 1.62. The third kappa shape index (κ3) is 3.18. The third-order valence-corrected chi connectivity index (χ3v) is 1.62. The van der Waals surface area contributed by atoms with Gasteiger partial charge in [0.1, 0.15) is 11.5 Å². The molecular formula is C9H11N3O3. The van der Waals surface area contributed by atoms with Gasteiger partial charge in [0, 0.05) is 11.6 Å². The lowest BCUT2D eigenvalue weighted by atomic mass is 10.2. The Labute approximate surface area is 86.4 Å².